The van der Waals surface area contributed by atoms with Gasteiger partial charge in [-0.2, -0.15) is 0 Å². The van der Waals surface area contributed by atoms with Crippen molar-refractivity contribution >= 4 is 12.1 Å². The van der Waals surface area contributed by atoms with Crippen molar-refractivity contribution in [1.82, 2.24) is 5.32 Å². The summed E-state index contributed by atoms with van der Waals surface area (Å²) in [5.41, 5.74) is 0.0786. The van der Waals surface area contributed by atoms with E-state index in [9.17, 15) is 9.59 Å². The second-order valence-corrected chi connectivity index (χ2v) is 1.75. The summed E-state index contributed by atoms with van der Waals surface area (Å²) in [6, 6.07) is 0. The van der Waals surface area contributed by atoms with Gasteiger partial charge in [-0.15, -0.1) is 0 Å². The van der Waals surface area contributed by atoms with Crippen molar-refractivity contribution in [3.63, 3.8) is 0 Å². The van der Waals surface area contributed by atoms with E-state index in [1.165, 1.54) is 7.11 Å². The van der Waals surface area contributed by atoms with Gasteiger partial charge in [0, 0.05) is 5.57 Å². The SMILES string of the molecule is C=C(CNC(=O)O)C(=O)OC. The van der Waals surface area contributed by atoms with Gasteiger partial charge in [0.25, 0.3) is 0 Å². The largest absolute Gasteiger partial charge is 0.466 e. The zero-order chi connectivity index (χ0) is 8.85. The van der Waals surface area contributed by atoms with Gasteiger partial charge in [0.15, 0.2) is 0 Å². The molecule has 1 amide bonds. The summed E-state index contributed by atoms with van der Waals surface area (Å²) < 4.78 is 4.27. The van der Waals surface area contributed by atoms with Crippen molar-refractivity contribution in [2.24, 2.45) is 0 Å². The fourth-order valence-electron chi connectivity index (χ4n) is 0.399. The van der Waals surface area contributed by atoms with Crippen molar-refractivity contribution in [3.05, 3.63) is 12.2 Å². The van der Waals surface area contributed by atoms with Gasteiger partial charge in [-0.25, -0.2) is 9.59 Å². The molecule has 0 aromatic rings. The third kappa shape index (κ3) is 3.96. The Bertz CT molecular complexity index is 187. The number of nitrogens with one attached hydrogen (secondary N) is 1. The van der Waals surface area contributed by atoms with E-state index in [2.05, 4.69) is 11.3 Å². The molecule has 11 heavy (non-hydrogen) atoms. The Morgan fingerprint density at radius 3 is 2.55 bits per heavy atom. The number of carboxylic acid groups (broad SMARTS) is 1. The summed E-state index contributed by atoms with van der Waals surface area (Å²) in [6.07, 6.45) is -1.20. The van der Waals surface area contributed by atoms with Crippen molar-refractivity contribution < 1.29 is 19.4 Å². The van der Waals surface area contributed by atoms with Crippen molar-refractivity contribution in [2.75, 3.05) is 13.7 Å². The van der Waals surface area contributed by atoms with E-state index in [0.29, 0.717) is 0 Å². The van der Waals surface area contributed by atoms with Gasteiger partial charge in [-0.3, -0.25) is 0 Å². The van der Waals surface area contributed by atoms with Gasteiger partial charge in [0.2, 0.25) is 0 Å². The number of carbonyl (C=O) groups excluding carboxylic acids is 1. The molecule has 0 heterocycles. The summed E-state index contributed by atoms with van der Waals surface area (Å²) in [5.74, 6) is -0.612. The Morgan fingerprint density at radius 2 is 2.18 bits per heavy atom. The molecule has 0 aliphatic rings. The number of rotatable bonds is 3. The highest BCUT2D eigenvalue weighted by Crippen LogP contribution is 1.89. The summed E-state index contributed by atoms with van der Waals surface area (Å²) in [7, 11) is 1.20. The molecule has 0 atom stereocenters. The molecule has 5 nitrogen and oxygen atoms in total. The fourth-order valence-corrected chi connectivity index (χ4v) is 0.399. The Morgan fingerprint density at radius 1 is 1.64 bits per heavy atom. The number of esters is 1. The van der Waals surface area contributed by atoms with E-state index in [1.807, 2.05) is 5.32 Å². The quantitative estimate of drug-likeness (QED) is 0.448. The first-order chi connectivity index (χ1) is 5.07. The van der Waals surface area contributed by atoms with Crippen LogP contribution in [0.15, 0.2) is 12.2 Å². The van der Waals surface area contributed by atoms with E-state index < -0.39 is 12.1 Å². The van der Waals surface area contributed by atoms with Gasteiger partial charge in [0.1, 0.15) is 0 Å². The highest BCUT2D eigenvalue weighted by molar-refractivity contribution is 5.88. The molecule has 0 unspecified atom stereocenters. The Hall–Kier alpha value is -1.52. The Balaban J connectivity index is 3.70. The van der Waals surface area contributed by atoms with Crippen LogP contribution in [-0.4, -0.2) is 30.8 Å². The van der Waals surface area contributed by atoms with Crippen LogP contribution in [0, 0.1) is 0 Å². The minimum atomic E-state index is -1.20. The molecule has 62 valence electrons. The van der Waals surface area contributed by atoms with Gasteiger partial charge in [-0.05, 0) is 0 Å². The van der Waals surface area contributed by atoms with Gasteiger partial charge in [-0.1, -0.05) is 6.58 Å². The summed E-state index contributed by atoms with van der Waals surface area (Å²) in [4.78, 5) is 20.5. The van der Waals surface area contributed by atoms with Crippen molar-refractivity contribution in [3.8, 4) is 0 Å². The number of methoxy groups -OCH3 is 1. The van der Waals surface area contributed by atoms with Gasteiger partial charge >= 0.3 is 12.1 Å². The van der Waals surface area contributed by atoms with E-state index in [-0.39, 0.29) is 12.1 Å². The molecule has 0 radical (unpaired) electrons. The molecule has 5 heteroatoms. The van der Waals surface area contributed by atoms with Crippen LogP contribution in [-0.2, 0) is 9.53 Å². The number of amides is 1. The Kier molecular flexibility index (Phi) is 3.72. The minimum Gasteiger partial charge on any atom is -0.466 e. The van der Waals surface area contributed by atoms with Crippen molar-refractivity contribution in [1.29, 1.82) is 0 Å². The van der Waals surface area contributed by atoms with Gasteiger partial charge < -0.3 is 15.2 Å². The van der Waals surface area contributed by atoms with E-state index in [4.69, 9.17) is 5.11 Å². The zero-order valence-corrected chi connectivity index (χ0v) is 6.09. The third-order valence-electron chi connectivity index (χ3n) is 0.927. The third-order valence-corrected chi connectivity index (χ3v) is 0.927. The molecule has 0 aliphatic carbocycles. The smallest absolute Gasteiger partial charge is 0.404 e. The second-order valence-electron chi connectivity index (χ2n) is 1.75. The van der Waals surface area contributed by atoms with Crippen LogP contribution in [0.5, 0.6) is 0 Å². The molecule has 0 fully saturated rings. The van der Waals surface area contributed by atoms with Crippen LogP contribution >= 0.6 is 0 Å². The summed E-state index contributed by atoms with van der Waals surface area (Å²) >= 11 is 0. The molecular weight excluding hydrogens is 150 g/mol. The average molecular weight is 159 g/mol. The van der Waals surface area contributed by atoms with E-state index in [1.54, 1.807) is 0 Å². The first-order valence-electron chi connectivity index (χ1n) is 2.80. The Labute approximate surface area is 63.7 Å². The second kappa shape index (κ2) is 4.32. The van der Waals surface area contributed by atoms with E-state index in [0.717, 1.165) is 0 Å². The molecular formula is C6H9NO4. The zero-order valence-electron chi connectivity index (χ0n) is 6.09. The lowest BCUT2D eigenvalue weighted by molar-refractivity contribution is -0.136. The predicted octanol–water partition coefficient (Wildman–Crippen LogP) is -0.0168. The molecule has 0 bridgehead atoms. The molecule has 0 aliphatic heterocycles. The standard InChI is InChI=1S/C6H9NO4/c1-4(5(8)11-2)3-7-6(9)10/h7H,1,3H2,2H3,(H,9,10). The first-order valence-corrected chi connectivity index (χ1v) is 2.80. The summed E-state index contributed by atoms with van der Waals surface area (Å²) in [5, 5.41) is 10.1. The maximum atomic E-state index is 10.6. The number of carbonyl (C=O) groups is 2. The topological polar surface area (TPSA) is 75.6 Å². The van der Waals surface area contributed by atoms with E-state index >= 15 is 0 Å². The average Bonchev–Trinajstić information content (AvgIpc) is 1.98. The number of ether oxygens (including phenoxy) is 1. The minimum absolute atomic E-state index is 0.0786. The maximum Gasteiger partial charge on any atom is 0.404 e. The molecule has 0 rings (SSSR count). The monoisotopic (exact) mass is 159 g/mol. The molecule has 0 aromatic heterocycles. The van der Waals surface area contributed by atoms with Gasteiger partial charge in [0.05, 0.1) is 13.7 Å². The van der Waals surface area contributed by atoms with Crippen LogP contribution in [0.3, 0.4) is 0 Å². The highest BCUT2D eigenvalue weighted by atomic mass is 16.5. The van der Waals surface area contributed by atoms with Crippen LogP contribution in [0.25, 0.3) is 0 Å². The molecule has 2 N–H and O–H groups in total. The van der Waals surface area contributed by atoms with Crippen LogP contribution < -0.4 is 5.32 Å². The molecule has 0 aromatic carbocycles. The first kappa shape index (κ1) is 9.48. The summed E-state index contributed by atoms with van der Waals surface area (Å²) in [6.45, 7) is 3.19. The maximum absolute atomic E-state index is 10.6. The van der Waals surface area contributed by atoms with Crippen LogP contribution in [0.1, 0.15) is 0 Å². The predicted molar refractivity (Wildman–Crippen MR) is 37.2 cm³/mol. The normalized spacial score (nSPS) is 8.45. The highest BCUT2D eigenvalue weighted by Gasteiger charge is 2.06. The molecule has 0 spiro atoms. The lowest BCUT2D eigenvalue weighted by atomic mass is 10.3. The van der Waals surface area contributed by atoms with Crippen LogP contribution in [0.2, 0.25) is 0 Å². The number of hydrogen-bond acceptors (Lipinski definition) is 3. The molecule has 0 saturated carbocycles. The number of hydrogen-bond donors (Lipinski definition) is 2. The fraction of sp³-hybridized carbons (Fsp3) is 0.333. The lowest BCUT2D eigenvalue weighted by Crippen LogP contribution is -2.25. The molecule has 0 saturated heterocycles. The lowest BCUT2D eigenvalue weighted by Gasteiger charge is -2.01. The van der Waals surface area contributed by atoms with Crippen molar-refractivity contribution in [2.45, 2.75) is 0 Å². The van der Waals surface area contributed by atoms with Crippen LogP contribution in [0.4, 0.5) is 4.79 Å².